The van der Waals surface area contributed by atoms with Crippen LogP contribution in [0.25, 0.3) is 0 Å². The molecule has 0 bridgehead atoms. The van der Waals surface area contributed by atoms with Gasteiger partial charge in [-0.15, -0.1) is 0 Å². The Morgan fingerprint density at radius 1 is 1.16 bits per heavy atom. The summed E-state index contributed by atoms with van der Waals surface area (Å²) in [5.41, 5.74) is 3.68. The van der Waals surface area contributed by atoms with Crippen molar-refractivity contribution in [2.75, 3.05) is 6.61 Å². The molecular weight excluding hydrogens is 498 g/mol. The molecule has 3 N–H and O–H groups in total. The molecule has 0 amide bonds. The standard InChI is InChI=1S/C30H37N3O4S/c1-18-15-24-23(19(2)26(18)36-28(34)21-7-5-4-6-8-21)13-14-30(3,37-24)17-35-22-11-9-20(10-12-22)16-25-27(31)33-29(32)38-25/h9-12,15,21,25H,4-8,13-14,16-17H2,1-3H3,(H3,31,32,33). The van der Waals surface area contributed by atoms with Crippen molar-refractivity contribution in [1.82, 2.24) is 5.32 Å². The van der Waals surface area contributed by atoms with E-state index in [4.69, 9.17) is 25.0 Å². The maximum atomic E-state index is 12.8. The number of fused-ring (bicyclic) bond motifs is 1. The van der Waals surface area contributed by atoms with Crippen LogP contribution < -0.4 is 19.5 Å². The van der Waals surface area contributed by atoms with Gasteiger partial charge in [-0.1, -0.05) is 43.2 Å². The number of rotatable bonds is 7. The number of carbonyl (C=O) groups excluding carboxylic acids is 1. The molecule has 2 atom stereocenters. The highest BCUT2D eigenvalue weighted by molar-refractivity contribution is 8.15. The summed E-state index contributed by atoms with van der Waals surface area (Å²) in [7, 11) is 0. The van der Waals surface area contributed by atoms with E-state index in [1.807, 2.05) is 44.2 Å². The molecule has 2 aliphatic heterocycles. The zero-order valence-electron chi connectivity index (χ0n) is 22.4. The van der Waals surface area contributed by atoms with E-state index in [2.05, 4.69) is 12.2 Å². The smallest absolute Gasteiger partial charge is 0.314 e. The molecule has 2 aromatic rings. The normalized spacial score (nSPS) is 23.4. The van der Waals surface area contributed by atoms with Gasteiger partial charge in [0.1, 0.15) is 35.3 Å². The van der Waals surface area contributed by atoms with Crippen molar-refractivity contribution >= 4 is 28.7 Å². The second-order valence-corrected chi connectivity index (χ2v) is 12.3. The van der Waals surface area contributed by atoms with Gasteiger partial charge in [0.25, 0.3) is 0 Å². The number of thioether (sulfide) groups is 1. The largest absolute Gasteiger partial charge is 0.489 e. The van der Waals surface area contributed by atoms with Crippen molar-refractivity contribution in [1.29, 1.82) is 10.8 Å². The summed E-state index contributed by atoms with van der Waals surface area (Å²) in [5, 5.41) is 18.7. The minimum absolute atomic E-state index is 0.0195. The third kappa shape index (κ3) is 5.85. The summed E-state index contributed by atoms with van der Waals surface area (Å²) < 4.78 is 18.6. The fourth-order valence-electron chi connectivity index (χ4n) is 5.60. The summed E-state index contributed by atoms with van der Waals surface area (Å²) in [6.07, 6.45) is 7.63. The predicted molar refractivity (Wildman–Crippen MR) is 151 cm³/mol. The fraction of sp³-hybridized carbons (Fsp3) is 0.500. The Morgan fingerprint density at radius 2 is 1.89 bits per heavy atom. The van der Waals surface area contributed by atoms with Crippen molar-refractivity contribution in [3.8, 4) is 17.2 Å². The fourth-order valence-corrected chi connectivity index (χ4v) is 6.51. The average Bonchev–Trinajstić information content (AvgIpc) is 3.22. The number of amidine groups is 2. The van der Waals surface area contributed by atoms with Gasteiger partial charge in [-0.05, 0) is 87.8 Å². The van der Waals surface area contributed by atoms with E-state index in [-0.39, 0.29) is 17.1 Å². The van der Waals surface area contributed by atoms with Gasteiger partial charge in [0.15, 0.2) is 5.17 Å². The summed E-state index contributed by atoms with van der Waals surface area (Å²) in [4.78, 5) is 12.8. The van der Waals surface area contributed by atoms with Crippen molar-refractivity contribution < 1.29 is 19.0 Å². The van der Waals surface area contributed by atoms with Crippen molar-refractivity contribution in [2.45, 2.75) is 83.0 Å². The first-order valence-corrected chi connectivity index (χ1v) is 14.4. The topological polar surface area (TPSA) is 104 Å². The lowest BCUT2D eigenvalue weighted by Crippen LogP contribution is -2.42. The second kappa shape index (κ2) is 11.0. The number of ether oxygens (including phenoxy) is 3. The molecule has 2 aromatic carbocycles. The second-order valence-electron chi connectivity index (χ2n) is 11.0. The molecule has 1 saturated carbocycles. The van der Waals surface area contributed by atoms with E-state index >= 15 is 0 Å². The molecular formula is C30H37N3O4S. The third-order valence-corrected chi connectivity index (χ3v) is 8.94. The summed E-state index contributed by atoms with van der Waals surface area (Å²) >= 11 is 1.38. The van der Waals surface area contributed by atoms with Crippen LogP contribution in [-0.4, -0.2) is 34.4 Å². The van der Waals surface area contributed by atoms with E-state index < -0.39 is 5.60 Å². The van der Waals surface area contributed by atoms with Crippen LogP contribution in [0.1, 0.15) is 67.7 Å². The van der Waals surface area contributed by atoms with Gasteiger partial charge >= 0.3 is 5.97 Å². The molecule has 1 aliphatic carbocycles. The van der Waals surface area contributed by atoms with Crippen LogP contribution in [-0.2, 0) is 17.6 Å². The van der Waals surface area contributed by atoms with Gasteiger partial charge in [0.2, 0.25) is 0 Å². The number of hydrogen-bond acceptors (Lipinski definition) is 7. The van der Waals surface area contributed by atoms with E-state index in [9.17, 15) is 4.79 Å². The minimum atomic E-state index is -0.466. The maximum Gasteiger partial charge on any atom is 0.314 e. The number of aryl methyl sites for hydroxylation is 1. The number of nitrogens with one attached hydrogen (secondary N) is 3. The predicted octanol–water partition coefficient (Wildman–Crippen LogP) is 6.11. The van der Waals surface area contributed by atoms with Gasteiger partial charge in [-0.25, -0.2) is 0 Å². The van der Waals surface area contributed by atoms with Crippen molar-refractivity contribution in [3.63, 3.8) is 0 Å². The van der Waals surface area contributed by atoms with Gasteiger partial charge in [0.05, 0.1) is 11.2 Å². The molecule has 5 rings (SSSR count). The van der Waals surface area contributed by atoms with Crippen LogP contribution >= 0.6 is 11.8 Å². The Labute approximate surface area is 229 Å². The Morgan fingerprint density at radius 3 is 2.58 bits per heavy atom. The molecule has 2 heterocycles. The number of benzene rings is 2. The molecule has 38 heavy (non-hydrogen) atoms. The molecule has 3 aliphatic rings. The van der Waals surface area contributed by atoms with Crippen LogP contribution in [0.3, 0.4) is 0 Å². The maximum absolute atomic E-state index is 12.8. The van der Waals surface area contributed by atoms with E-state index in [1.54, 1.807) is 0 Å². The SMILES string of the molecule is Cc1cc2c(c(C)c1OC(=O)C1CCCCC1)CCC(C)(COc1ccc(CC3SC(=N)NC3=N)cc1)O2. The highest BCUT2D eigenvalue weighted by Gasteiger charge is 2.35. The minimum Gasteiger partial charge on any atom is -0.489 e. The third-order valence-electron chi connectivity index (χ3n) is 7.92. The Bertz CT molecular complexity index is 1240. The molecule has 1 saturated heterocycles. The monoisotopic (exact) mass is 535 g/mol. The summed E-state index contributed by atoms with van der Waals surface area (Å²) in [6.45, 7) is 6.52. The van der Waals surface area contributed by atoms with Crippen LogP contribution in [0.4, 0.5) is 0 Å². The first-order valence-electron chi connectivity index (χ1n) is 13.6. The van der Waals surface area contributed by atoms with Gasteiger partial charge in [0, 0.05) is 5.56 Å². The number of hydrogen-bond donors (Lipinski definition) is 3. The lowest BCUT2D eigenvalue weighted by atomic mass is 9.88. The first-order chi connectivity index (χ1) is 18.2. The molecule has 2 fully saturated rings. The Kier molecular flexibility index (Phi) is 7.70. The molecule has 0 aromatic heterocycles. The number of esters is 1. The summed E-state index contributed by atoms with van der Waals surface area (Å²) in [5.74, 6) is 2.64. The zero-order valence-corrected chi connectivity index (χ0v) is 23.3. The van der Waals surface area contributed by atoms with Gasteiger partial charge < -0.3 is 19.5 Å². The van der Waals surface area contributed by atoms with Crippen LogP contribution in [0.5, 0.6) is 17.2 Å². The van der Waals surface area contributed by atoms with Crippen LogP contribution in [0, 0.1) is 30.6 Å². The van der Waals surface area contributed by atoms with E-state index in [0.29, 0.717) is 29.8 Å². The van der Waals surface area contributed by atoms with Gasteiger partial charge in [-0.3, -0.25) is 15.6 Å². The summed E-state index contributed by atoms with van der Waals surface area (Å²) in [6, 6.07) is 9.96. The number of carbonyl (C=O) groups is 1. The van der Waals surface area contributed by atoms with Crippen LogP contribution in [0.15, 0.2) is 30.3 Å². The quantitative estimate of drug-likeness (QED) is 0.292. The molecule has 202 valence electrons. The van der Waals surface area contributed by atoms with Crippen LogP contribution in [0.2, 0.25) is 0 Å². The molecule has 8 heteroatoms. The van der Waals surface area contributed by atoms with Gasteiger partial charge in [-0.2, -0.15) is 0 Å². The molecule has 0 radical (unpaired) electrons. The molecule has 7 nitrogen and oxygen atoms in total. The van der Waals surface area contributed by atoms with Crippen molar-refractivity contribution in [3.05, 3.63) is 52.6 Å². The highest BCUT2D eigenvalue weighted by Crippen LogP contribution is 2.41. The molecule has 0 spiro atoms. The average molecular weight is 536 g/mol. The highest BCUT2D eigenvalue weighted by atomic mass is 32.2. The Hall–Kier alpha value is -3.00. The zero-order chi connectivity index (χ0) is 26.9. The van der Waals surface area contributed by atoms with E-state index in [0.717, 1.165) is 72.3 Å². The lowest BCUT2D eigenvalue weighted by Gasteiger charge is -2.36. The Balaban J connectivity index is 1.20. The van der Waals surface area contributed by atoms with Crippen molar-refractivity contribution in [2.24, 2.45) is 5.92 Å². The van der Waals surface area contributed by atoms with E-state index in [1.165, 1.54) is 18.2 Å². The lowest BCUT2D eigenvalue weighted by molar-refractivity contribution is -0.140. The molecule has 2 unspecified atom stereocenters. The first kappa shape index (κ1) is 26.6.